The minimum atomic E-state index is -0.944. The van der Waals surface area contributed by atoms with Crippen molar-refractivity contribution >= 4 is 5.97 Å². The number of aromatic nitrogens is 6. The van der Waals surface area contributed by atoms with Crippen molar-refractivity contribution in [1.29, 1.82) is 0 Å². The van der Waals surface area contributed by atoms with Crippen LogP contribution in [0.25, 0.3) is 11.4 Å². The molecule has 0 amide bonds. The molecule has 2 rings (SSSR count). The molecule has 0 unspecified atom stereocenters. The highest BCUT2D eigenvalue weighted by Crippen LogP contribution is 2.23. The zero-order chi connectivity index (χ0) is 14.2. The number of hydrogen-bond donors (Lipinski definition) is 1. The largest absolute Gasteiger partial charge is 0.481 e. The maximum absolute atomic E-state index is 11.2. The van der Waals surface area contributed by atoms with E-state index in [0.717, 1.165) is 11.3 Å². The third-order valence-corrected chi connectivity index (χ3v) is 3.13. The van der Waals surface area contributed by atoms with Crippen molar-refractivity contribution < 1.29 is 9.90 Å². The molecule has 8 nitrogen and oxygen atoms in total. The van der Waals surface area contributed by atoms with Crippen LogP contribution in [-0.4, -0.2) is 41.1 Å². The van der Waals surface area contributed by atoms with Crippen LogP contribution in [0.15, 0.2) is 6.20 Å². The fourth-order valence-corrected chi connectivity index (χ4v) is 1.66. The summed E-state index contributed by atoms with van der Waals surface area (Å²) in [5, 5.41) is 24.7. The first-order chi connectivity index (χ1) is 8.83. The quantitative estimate of drug-likeness (QED) is 0.863. The molecule has 0 aromatic carbocycles. The van der Waals surface area contributed by atoms with Gasteiger partial charge in [0.15, 0.2) is 5.82 Å². The van der Waals surface area contributed by atoms with Crippen LogP contribution in [0.4, 0.5) is 0 Å². The molecule has 0 fully saturated rings. The lowest BCUT2D eigenvalue weighted by molar-refractivity contribution is -0.147. The van der Waals surface area contributed by atoms with E-state index in [1.807, 2.05) is 14.0 Å². The van der Waals surface area contributed by atoms with Crippen LogP contribution in [0, 0.1) is 12.3 Å². The molecule has 19 heavy (non-hydrogen) atoms. The fraction of sp³-hybridized carbons (Fsp3) is 0.545. The highest BCUT2D eigenvalue weighted by molar-refractivity contribution is 5.73. The SMILES string of the molecule is Cc1c(-c2nnnn2CC(C)(C)C(=O)O)cnn1C. The number of carbonyl (C=O) groups is 1. The smallest absolute Gasteiger partial charge is 0.310 e. The van der Waals surface area contributed by atoms with E-state index in [0.29, 0.717) is 5.82 Å². The van der Waals surface area contributed by atoms with Gasteiger partial charge in [0.2, 0.25) is 0 Å². The van der Waals surface area contributed by atoms with Crippen molar-refractivity contribution in [3.05, 3.63) is 11.9 Å². The molecule has 0 aliphatic carbocycles. The Bertz CT molecular complexity index is 612. The Kier molecular flexibility index (Phi) is 3.09. The number of tetrazole rings is 1. The van der Waals surface area contributed by atoms with Gasteiger partial charge < -0.3 is 5.11 Å². The number of aliphatic carboxylic acids is 1. The minimum Gasteiger partial charge on any atom is -0.481 e. The number of rotatable bonds is 4. The molecule has 0 atom stereocenters. The Labute approximate surface area is 110 Å². The fourth-order valence-electron chi connectivity index (χ4n) is 1.66. The molecule has 2 aromatic heterocycles. The van der Waals surface area contributed by atoms with Crippen LogP contribution in [0.3, 0.4) is 0 Å². The van der Waals surface area contributed by atoms with Crippen molar-refractivity contribution in [3.63, 3.8) is 0 Å². The topological polar surface area (TPSA) is 98.7 Å². The Morgan fingerprint density at radius 3 is 2.68 bits per heavy atom. The Balaban J connectivity index is 2.39. The van der Waals surface area contributed by atoms with Crippen LogP contribution >= 0.6 is 0 Å². The molecule has 0 aliphatic heterocycles. The monoisotopic (exact) mass is 264 g/mol. The van der Waals surface area contributed by atoms with E-state index in [9.17, 15) is 4.79 Å². The number of aryl methyl sites for hydroxylation is 1. The van der Waals surface area contributed by atoms with Crippen LogP contribution in [0.2, 0.25) is 0 Å². The third kappa shape index (κ3) is 2.33. The second-order valence-electron chi connectivity index (χ2n) is 5.12. The van der Waals surface area contributed by atoms with E-state index >= 15 is 0 Å². The van der Waals surface area contributed by atoms with Gasteiger partial charge in [0.25, 0.3) is 0 Å². The highest BCUT2D eigenvalue weighted by atomic mass is 16.4. The summed E-state index contributed by atoms with van der Waals surface area (Å²) in [6, 6.07) is 0. The Morgan fingerprint density at radius 1 is 1.47 bits per heavy atom. The predicted molar refractivity (Wildman–Crippen MR) is 66.2 cm³/mol. The van der Waals surface area contributed by atoms with E-state index in [-0.39, 0.29) is 6.54 Å². The maximum Gasteiger partial charge on any atom is 0.310 e. The van der Waals surface area contributed by atoms with Crippen molar-refractivity contribution in [1.82, 2.24) is 30.0 Å². The van der Waals surface area contributed by atoms with Crippen LogP contribution in [0.5, 0.6) is 0 Å². The first kappa shape index (κ1) is 13.2. The maximum atomic E-state index is 11.2. The van der Waals surface area contributed by atoms with Gasteiger partial charge in [-0.15, -0.1) is 5.10 Å². The van der Waals surface area contributed by atoms with Crippen molar-refractivity contribution in [2.24, 2.45) is 12.5 Å². The van der Waals surface area contributed by atoms with Crippen molar-refractivity contribution in [2.45, 2.75) is 27.3 Å². The number of carboxylic acid groups (broad SMARTS) is 1. The summed E-state index contributed by atoms with van der Waals surface area (Å²) in [7, 11) is 1.83. The van der Waals surface area contributed by atoms with E-state index in [2.05, 4.69) is 20.6 Å². The number of hydrogen-bond acceptors (Lipinski definition) is 5. The van der Waals surface area contributed by atoms with Gasteiger partial charge in [-0.1, -0.05) is 0 Å². The zero-order valence-corrected chi connectivity index (χ0v) is 11.3. The molecule has 1 N–H and O–H groups in total. The molecule has 0 aliphatic rings. The number of nitrogens with zero attached hydrogens (tertiary/aromatic N) is 6. The summed E-state index contributed by atoms with van der Waals surface area (Å²) in [4.78, 5) is 11.2. The van der Waals surface area contributed by atoms with Gasteiger partial charge in [0, 0.05) is 12.7 Å². The minimum absolute atomic E-state index is 0.193. The summed E-state index contributed by atoms with van der Waals surface area (Å²) in [6.45, 7) is 5.37. The van der Waals surface area contributed by atoms with E-state index in [1.165, 1.54) is 4.68 Å². The second-order valence-corrected chi connectivity index (χ2v) is 5.12. The number of carboxylic acids is 1. The molecule has 0 saturated carbocycles. The normalized spacial score (nSPS) is 11.8. The van der Waals surface area contributed by atoms with Gasteiger partial charge in [-0.3, -0.25) is 9.48 Å². The lowest BCUT2D eigenvalue weighted by atomic mass is 9.94. The van der Waals surface area contributed by atoms with Gasteiger partial charge in [-0.2, -0.15) is 5.10 Å². The average molecular weight is 264 g/mol. The van der Waals surface area contributed by atoms with Crippen LogP contribution in [-0.2, 0) is 18.4 Å². The first-order valence-corrected chi connectivity index (χ1v) is 5.81. The molecule has 0 saturated heterocycles. The summed E-state index contributed by atoms with van der Waals surface area (Å²) < 4.78 is 3.22. The lowest BCUT2D eigenvalue weighted by Gasteiger charge is -2.18. The van der Waals surface area contributed by atoms with Crippen molar-refractivity contribution in [3.8, 4) is 11.4 Å². The molecular weight excluding hydrogens is 248 g/mol. The summed E-state index contributed by atoms with van der Waals surface area (Å²) in [5.74, 6) is -0.364. The molecule has 2 heterocycles. The Morgan fingerprint density at radius 2 is 2.16 bits per heavy atom. The van der Waals surface area contributed by atoms with Gasteiger partial charge in [0.05, 0.1) is 23.7 Å². The molecule has 2 aromatic rings. The molecule has 0 bridgehead atoms. The van der Waals surface area contributed by atoms with Crippen molar-refractivity contribution in [2.75, 3.05) is 0 Å². The standard InChI is InChI=1S/C11H16N6O2/c1-7-8(5-12-16(7)4)9-13-14-15-17(9)6-11(2,3)10(18)19/h5H,6H2,1-4H3,(H,18,19). The van der Waals surface area contributed by atoms with Crippen LogP contribution < -0.4 is 0 Å². The third-order valence-electron chi connectivity index (χ3n) is 3.13. The molecule has 8 heteroatoms. The first-order valence-electron chi connectivity index (χ1n) is 5.81. The van der Waals surface area contributed by atoms with Gasteiger partial charge in [0.1, 0.15) is 0 Å². The average Bonchev–Trinajstić information content (AvgIpc) is 2.87. The molecular formula is C11H16N6O2. The predicted octanol–water partition coefficient (Wildman–Crippen LogP) is 0.493. The van der Waals surface area contributed by atoms with Crippen LogP contribution in [0.1, 0.15) is 19.5 Å². The van der Waals surface area contributed by atoms with Gasteiger partial charge in [-0.05, 0) is 31.2 Å². The zero-order valence-electron chi connectivity index (χ0n) is 11.3. The van der Waals surface area contributed by atoms with Gasteiger partial charge in [-0.25, -0.2) is 4.68 Å². The van der Waals surface area contributed by atoms with E-state index in [1.54, 1.807) is 24.7 Å². The highest BCUT2D eigenvalue weighted by Gasteiger charge is 2.30. The molecule has 0 radical (unpaired) electrons. The molecule has 102 valence electrons. The summed E-state index contributed by atoms with van der Waals surface area (Å²) in [6.07, 6.45) is 1.67. The van der Waals surface area contributed by atoms with E-state index in [4.69, 9.17) is 5.11 Å². The van der Waals surface area contributed by atoms with E-state index < -0.39 is 11.4 Å². The summed E-state index contributed by atoms with van der Waals surface area (Å²) in [5.41, 5.74) is 0.776. The second kappa shape index (κ2) is 4.45. The lowest BCUT2D eigenvalue weighted by Crippen LogP contribution is -2.30. The molecule has 0 spiro atoms. The summed E-state index contributed by atoms with van der Waals surface area (Å²) >= 11 is 0. The Hall–Kier alpha value is -2.25. The van der Waals surface area contributed by atoms with Gasteiger partial charge >= 0.3 is 5.97 Å².